The van der Waals surface area contributed by atoms with Crippen molar-refractivity contribution in [3.8, 4) is 5.75 Å². The minimum Gasteiger partial charge on any atom is -0.440 e. The Morgan fingerprint density at radius 2 is 1.73 bits per heavy atom. The van der Waals surface area contributed by atoms with Crippen LogP contribution in [0, 0.1) is 0 Å². The molecular weight excluding hydrogens is 337 g/mol. The number of hydrogen-bond donors (Lipinski definition) is 1. The number of rotatable bonds is 4. The van der Waals surface area contributed by atoms with Gasteiger partial charge in [0.05, 0.1) is 15.7 Å². The highest BCUT2D eigenvalue weighted by atomic mass is 35.5. The molecule has 0 atom stereocenters. The van der Waals surface area contributed by atoms with Crippen molar-refractivity contribution >= 4 is 46.0 Å². The van der Waals surface area contributed by atoms with Crippen LogP contribution in [0.1, 0.15) is 11.1 Å². The van der Waals surface area contributed by atoms with Crippen LogP contribution in [0.5, 0.6) is 5.75 Å². The molecule has 2 aromatic rings. The molecule has 0 fully saturated rings. The Balaban J connectivity index is 1.68. The summed E-state index contributed by atoms with van der Waals surface area (Å²) in [5.41, 5.74) is 3.11. The molecule has 3 rings (SSSR count). The molecule has 0 radical (unpaired) electrons. The van der Waals surface area contributed by atoms with E-state index in [4.69, 9.17) is 40.2 Å². The first-order valence-electron chi connectivity index (χ1n) is 6.73. The highest BCUT2D eigenvalue weighted by molar-refractivity contribution is 7.80. The van der Waals surface area contributed by atoms with Gasteiger partial charge in [0.2, 0.25) is 0 Å². The standard InChI is InChI=1S/C17H13Cl2NOS/c1-10-20-16-5-3-12(9-17(16)21-10)7-13(22)6-11-2-4-14(18)15(19)8-11/h2-5,8-9,20H,1,6-7H2. The van der Waals surface area contributed by atoms with Crippen molar-refractivity contribution in [1.82, 2.24) is 0 Å². The molecule has 0 saturated heterocycles. The van der Waals surface area contributed by atoms with Crippen LogP contribution in [0.4, 0.5) is 5.69 Å². The molecule has 0 aliphatic carbocycles. The highest BCUT2D eigenvalue weighted by Gasteiger charge is 2.15. The van der Waals surface area contributed by atoms with Crippen LogP contribution in [0.2, 0.25) is 10.0 Å². The van der Waals surface area contributed by atoms with Gasteiger partial charge in [-0.3, -0.25) is 0 Å². The molecular formula is C17H13Cl2NOS. The summed E-state index contributed by atoms with van der Waals surface area (Å²) in [6.07, 6.45) is 1.40. The second kappa shape index (κ2) is 6.29. The Kier molecular flexibility index (Phi) is 4.39. The summed E-state index contributed by atoms with van der Waals surface area (Å²) in [6, 6.07) is 11.6. The monoisotopic (exact) mass is 349 g/mol. The zero-order chi connectivity index (χ0) is 15.7. The van der Waals surface area contributed by atoms with E-state index in [1.807, 2.05) is 30.3 Å². The summed E-state index contributed by atoms with van der Waals surface area (Å²) in [7, 11) is 0. The van der Waals surface area contributed by atoms with Crippen LogP contribution in [0.25, 0.3) is 0 Å². The van der Waals surface area contributed by atoms with Gasteiger partial charge in [-0.15, -0.1) is 0 Å². The van der Waals surface area contributed by atoms with Crippen molar-refractivity contribution in [1.29, 1.82) is 0 Å². The molecule has 1 N–H and O–H groups in total. The van der Waals surface area contributed by atoms with E-state index in [2.05, 4.69) is 11.9 Å². The molecule has 0 spiro atoms. The van der Waals surface area contributed by atoms with Gasteiger partial charge in [0.15, 0.2) is 11.6 Å². The minimum absolute atomic E-state index is 0.547. The maximum Gasteiger partial charge on any atom is 0.190 e. The zero-order valence-corrected chi connectivity index (χ0v) is 14.0. The lowest BCUT2D eigenvalue weighted by Gasteiger charge is -2.07. The molecule has 1 aliphatic heterocycles. The van der Waals surface area contributed by atoms with Gasteiger partial charge in [0.1, 0.15) is 0 Å². The lowest BCUT2D eigenvalue weighted by molar-refractivity contribution is 0.459. The van der Waals surface area contributed by atoms with Gasteiger partial charge in [-0.25, -0.2) is 0 Å². The predicted molar refractivity (Wildman–Crippen MR) is 96.3 cm³/mol. The van der Waals surface area contributed by atoms with Crippen molar-refractivity contribution < 1.29 is 4.74 Å². The minimum atomic E-state index is 0.547. The van der Waals surface area contributed by atoms with E-state index in [9.17, 15) is 0 Å². The third-order valence-electron chi connectivity index (χ3n) is 3.34. The molecule has 0 bridgehead atoms. The Morgan fingerprint density at radius 1 is 1.05 bits per heavy atom. The quantitative estimate of drug-likeness (QED) is 0.744. The second-order valence-electron chi connectivity index (χ2n) is 5.12. The van der Waals surface area contributed by atoms with Gasteiger partial charge < -0.3 is 10.1 Å². The van der Waals surface area contributed by atoms with E-state index in [1.54, 1.807) is 6.07 Å². The number of ether oxygens (including phenoxy) is 1. The van der Waals surface area contributed by atoms with Crippen LogP contribution in [0.3, 0.4) is 0 Å². The van der Waals surface area contributed by atoms with Crippen LogP contribution in [-0.2, 0) is 12.8 Å². The molecule has 0 amide bonds. The van der Waals surface area contributed by atoms with E-state index >= 15 is 0 Å². The first-order chi connectivity index (χ1) is 10.5. The Hall–Kier alpha value is -1.55. The van der Waals surface area contributed by atoms with E-state index in [0.717, 1.165) is 27.4 Å². The maximum atomic E-state index is 6.03. The number of benzene rings is 2. The summed E-state index contributed by atoms with van der Waals surface area (Å²) in [5.74, 6) is 1.34. The van der Waals surface area contributed by atoms with Crippen LogP contribution >= 0.6 is 35.4 Å². The first kappa shape index (κ1) is 15.3. The Labute approximate surface area is 144 Å². The molecule has 2 aromatic carbocycles. The normalized spacial score (nSPS) is 12.5. The van der Waals surface area contributed by atoms with Gasteiger partial charge in [-0.05, 0) is 42.0 Å². The number of nitrogens with one attached hydrogen (secondary N) is 1. The van der Waals surface area contributed by atoms with Gasteiger partial charge >= 0.3 is 0 Å². The molecule has 0 aromatic heterocycles. The predicted octanol–water partition coefficient (Wildman–Crippen LogP) is 5.42. The molecule has 0 unspecified atom stereocenters. The second-order valence-corrected chi connectivity index (χ2v) is 6.51. The van der Waals surface area contributed by atoms with E-state index in [-0.39, 0.29) is 0 Å². The van der Waals surface area contributed by atoms with Gasteiger partial charge in [0.25, 0.3) is 0 Å². The fraction of sp³-hybridized carbons (Fsp3) is 0.118. The molecule has 112 valence electrons. The number of fused-ring (bicyclic) bond motifs is 1. The lowest BCUT2D eigenvalue weighted by atomic mass is 10.0. The van der Waals surface area contributed by atoms with Crippen molar-refractivity contribution in [2.45, 2.75) is 12.8 Å². The number of hydrogen-bond acceptors (Lipinski definition) is 3. The third kappa shape index (κ3) is 3.43. The van der Waals surface area contributed by atoms with Crippen LogP contribution in [0.15, 0.2) is 48.9 Å². The number of anilines is 1. The van der Waals surface area contributed by atoms with E-state index in [1.165, 1.54) is 0 Å². The van der Waals surface area contributed by atoms with Crippen LogP contribution < -0.4 is 10.1 Å². The summed E-state index contributed by atoms with van der Waals surface area (Å²) in [4.78, 5) is 0.933. The molecule has 22 heavy (non-hydrogen) atoms. The number of thiocarbonyl (C=S) groups is 1. The van der Waals surface area contributed by atoms with Crippen molar-refractivity contribution in [3.05, 3.63) is 70.0 Å². The van der Waals surface area contributed by atoms with Crippen molar-refractivity contribution in [3.63, 3.8) is 0 Å². The summed E-state index contributed by atoms with van der Waals surface area (Å²) in [6.45, 7) is 3.75. The maximum absolute atomic E-state index is 6.03. The fourth-order valence-corrected chi connectivity index (χ4v) is 2.99. The molecule has 1 heterocycles. The zero-order valence-electron chi connectivity index (χ0n) is 11.7. The molecule has 1 aliphatic rings. The smallest absolute Gasteiger partial charge is 0.190 e. The Bertz CT molecular complexity index is 773. The van der Waals surface area contributed by atoms with Crippen molar-refractivity contribution in [2.75, 3.05) is 5.32 Å². The SMILES string of the molecule is C=C1Nc2ccc(CC(=S)Cc3ccc(Cl)c(Cl)c3)cc2O1. The fourth-order valence-electron chi connectivity index (χ4n) is 2.34. The lowest BCUT2D eigenvalue weighted by Crippen LogP contribution is -2.04. The van der Waals surface area contributed by atoms with Crippen molar-refractivity contribution in [2.24, 2.45) is 0 Å². The molecule has 2 nitrogen and oxygen atoms in total. The van der Waals surface area contributed by atoms with Gasteiger partial charge in [-0.2, -0.15) is 0 Å². The average molecular weight is 350 g/mol. The van der Waals surface area contributed by atoms with Gasteiger partial charge in [0, 0.05) is 17.7 Å². The first-order valence-corrected chi connectivity index (χ1v) is 7.90. The summed E-state index contributed by atoms with van der Waals surface area (Å²) >= 11 is 17.4. The third-order valence-corrected chi connectivity index (χ3v) is 4.37. The highest BCUT2D eigenvalue weighted by Crippen LogP contribution is 2.33. The topological polar surface area (TPSA) is 21.3 Å². The van der Waals surface area contributed by atoms with E-state index in [0.29, 0.717) is 28.8 Å². The average Bonchev–Trinajstić information content (AvgIpc) is 2.82. The molecule has 5 heteroatoms. The van der Waals surface area contributed by atoms with Gasteiger partial charge in [-0.1, -0.05) is 47.6 Å². The summed E-state index contributed by atoms with van der Waals surface area (Å²) < 4.78 is 5.50. The molecule has 0 saturated carbocycles. The van der Waals surface area contributed by atoms with E-state index < -0.39 is 0 Å². The largest absolute Gasteiger partial charge is 0.440 e. The van der Waals surface area contributed by atoms with Crippen LogP contribution in [-0.4, -0.2) is 4.86 Å². The number of halogens is 2. The Morgan fingerprint density at radius 3 is 2.45 bits per heavy atom. The summed E-state index contributed by atoms with van der Waals surface area (Å²) in [5, 5.41) is 4.16.